The van der Waals surface area contributed by atoms with Crippen molar-refractivity contribution in [3.05, 3.63) is 9.74 Å². The van der Waals surface area contributed by atoms with E-state index in [0.29, 0.717) is 0 Å². The highest BCUT2D eigenvalue weighted by atomic mass is 79.9. The zero-order chi connectivity index (χ0) is 9.26. The number of hydrogen-bond donors (Lipinski definition) is 0. The summed E-state index contributed by atoms with van der Waals surface area (Å²) < 4.78 is 10.6. The second kappa shape index (κ2) is 4.00. The van der Waals surface area contributed by atoms with Gasteiger partial charge >= 0.3 is 0 Å². The fourth-order valence-electron chi connectivity index (χ4n) is 1.28. The average molecular weight is 264 g/mol. The van der Waals surface area contributed by atoms with E-state index in [1.165, 1.54) is 11.5 Å². The lowest BCUT2D eigenvalue weighted by atomic mass is 10.3. The number of likely N-dealkylation sites (N-methyl/N-ethyl adjacent to an activating group) is 1. The van der Waals surface area contributed by atoms with Crippen LogP contribution in [0.25, 0.3) is 0 Å². The van der Waals surface area contributed by atoms with Crippen molar-refractivity contribution in [2.24, 2.45) is 0 Å². The molecule has 1 aromatic rings. The first-order valence-corrected chi connectivity index (χ1v) is 5.61. The van der Waals surface area contributed by atoms with Gasteiger partial charge in [0.25, 0.3) is 0 Å². The van der Waals surface area contributed by atoms with Crippen LogP contribution in [0.4, 0.5) is 0 Å². The molecule has 2 rings (SSSR count). The highest BCUT2D eigenvalue weighted by Crippen LogP contribution is 2.22. The molecule has 0 bridgehead atoms. The Morgan fingerprint density at radius 1 is 1.69 bits per heavy atom. The van der Waals surface area contributed by atoms with E-state index in [1.54, 1.807) is 0 Å². The molecule has 0 radical (unpaired) electrons. The third-order valence-corrected chi connectivity index (χ3v) is 3.11. The number of ether oxygens (including phenoxy) is 1. The van der Waals surface area contributed by atoms with Crippen LogP contribution in [0.2, 0.25) is 0 Å². The van der Waals surface area contributed by atoms with E-state index in [2.05, 4.69) is 37.2 Å². The molecule has 4 nitrogen and oxygen atoms in total. The lowest BCUT2D eigenvalue weighted by Crippen LogP contribution is -2.35. The Kier molecular flexibility index (Phi) is 2.92. The number of halogens is 1. The van der Waals surface area contributed by atoms with Gasteiger partial charge in [0.15, 0.2) is 9.74 Å². The van der Waals surface area contributed by atoms with E-state index in [9.17, 15) is 0 Å². The lowest BCUT2D eigenvalue weighted by Gasteiger charge is -2.28. The SMILES string of the molecule is CN1CCOC(c2nsc(Br)n2)C1. The smallest absolute Gasteiger partial charge is 0.179 e. The van der Waals surface area contributed by atoms with Gasteiger partial charge in [0.05, 0.1) is 6.61 Å². The van der Waals surface area contributed by atoms with Gasteiger partial charge in [-0.3, -0.25) is 0 Å². The van der Waals surface area contributed by atoms with Crippen LogP contribution in [0, 0.1) is 0 Å². The van der Waals surface area contributed by atoms with Gasteiger partial charge < -0.3 is 9.64 Å². The fraction of sp³-hybridized carbons (Fsp3) is 0.714. The van der Waals surface area contributed by atoms with Crippen molar-refractivity contribution in [3.63, 3.8) is 0 Å². The summed E-state index contributed by atoms with van der Waals surface area (Å²) in [4.78, 5) is 6.47. The zero-order valence-electron chi connectivity index (χ0n) is 7.23. The molecule has 0 spiro atoms. The summed E-state index contributed by atoms with van der Waals surface area (Å²) in [5.74, 6) is 0.795. The number of hydrogen-bond acceptors (Lipinski definition) is 5. The van der Waals surface area contributed by atoms with E-state index in [-0.39, 0.29) is 6.10 Å². The van der Waals surface area contributed by atoms with Gasteiger partial charge in [-0.05, 0) is 34.5 Å². The van der Waals surface area contributed by atoms with Crippen molar-refractivity contribution in [3.8, 4) is 0 Å². The van der Waals surface area contributed by atoms with Gasteiger partial charge in [0.2, 0.25) is 0 Å². The molecule has 0 saturated carbocycles. The first kappa shape index (κ1) is 9.51. The summed E-state index contributed by atoms with van der Waals surface area (Å²) in [5, 5.41) is 0. The maximum atomic E-state index is 5.57. The molecule has 1 unspecified atom stereocenters. The summed E-state index contributed by atoms with van der Waals surface area (Å²) in [7, 11) is 2.08. The van der Waals surface area contributed by atoms with Crippen molar-refractivity contribution in [2.75, 3.05) is 26.7 Å². The minimum atomic E-state index is 0.0429. The Morgan fingerprint density at radius 3 is 3.15 bits per heavy atom. The van der Waals surface area contributed by atoms with Crippen LogP contribution in [0.5, 0.6) is 0 Å². The van der Waals surface area contributed by atoms with E-state index < -0.39 is 0 Å². The van der Waals surface area contributed by atoms with E-state index in [1.807, 2.05) is 0 Å². The molecule has 1 atom stereocenters. The van der Waals surface area contributed by atoms with Gasteiger partial charge in [0.1, 0.15) is 6.10 Å². The molecule has 13 heavy (non-hydrogen) atoms. The van der Waals surface area contributed by atoms with Crippen LogP contribution in [-0.4, -0.2) is 41.0 Å². The van der Waals surface area contributed by atoms with Crippen LogP contribution in [0.1, 0.15) is 11.9 Å². The Hall–Kier alpha value is -0.0400. The summed E-state index contributed by atoms with van der Waals surface area (Å²) in [6, 6.07) is 0. The Labute approximate surface area is 89.2 Å². The van der Waals surface area contributed by atoms with E-state index in [0.717, 1.165) is 29.4 Å². The molecule has 0 amide bonds. The molecule has 1 aliphatic heterocycles. The van der Waals surface area contributed by atoms with Crippen LogP contribution in [0.15, 0.2) is 3.92 Å². The summed E-state index contributed by atoms with van der Waals surface area (Å²) in [6.45, 7) is 2.63. The highest BCUT2D eigenvalue weighted by Gasteiger charge is 2.22. The lowest BCUT2D eigenvalue weighted by molar-refractivity contribution is -0.0249. The topological polar surface area (TPSA) is 38.2 Å². The molecule has 0 N–H and O–H groups in total. The van der Waals surface area contributed by atoms with Gasteiger partial charge in [-0.2, -0.15) is 4.37 Å². The second-order valence-electron chi connectivity index (χ2n) is 3.03. The Bertz CT molecular complexity index is 293. The number of nitrogens with zero attached hydrogens (tertiary/aromatic N) is 3. The van der Waals surface area contributed by atoms with E-state index in [4.69, 9.17) is 4.74 Å². The van der Waals surface area contributed by atoms with Gasteiger partial charge in [0, 0.05) is 13.1 Å². The predicted octanol–water partition coefficient (Wildman–Crippen LogP) is 1.30. The standard InChI is InChI=1S/C7H10BrN3OS/c1-11-2-3-12-5(4-11)6-9-7(8)13-10-6/h5H,2-4H2,1H3. The largest absolute Gasteiger partial charge is 0.367 e. The van der Waals surface area contributed by atoms with Crippen molar-refractivity contribution < 1.29 is 4.74 Å². The summed E-state index contributed by atoms with van der Waals surface area (Å²) in [6.07, 6.45) is 0.0429. The fourth-order valence-corrected chi connectivity index (χ4v) is 2.14. The van der Waals surface area contributed by atoms with Crippen molar-refractivity contribution in [1.29, 1.82) is 0 Å². The van der Waals surface area contributed by atoms with Crippen LogP contribution in [0.3, 0.4) is 0 Å². The molecule has 1 aliphatic rings. The van der Waals surface area contributed by atoms with Crippen LogP contribution < -0.4 is 0 Å². The van der Waals surface area contributed by atoms with Crippen molar-refractivity contribution in [2.45, 2.75) is 6.10 Å². The first-order valence-electron chi connectivity index (χ1n) is 4.05. The van der Waals surface area contributed by atoms with E-state index >= 15 is 0 Å². The molecule has 1 aromatic heterocycles. The molecule has 0 aromatic carbocycles. The Morgan fingerprint density at radius 2 is 2.54 bits per heavy atom. The maximum absolute atomic E-state index is 5.57. The second-order valence-corrected chi connectivity index (χ2v) is 5.06. The number of rotatable bonds is 1. The van der Waals surface area contributed by atoms with Gasteiger partial charge in [-0.15, -0.1) is 0 Å². The third kappa shape index (κ3) is 2.25. The molecular weight excluding hydrogens is 254 g/mol. The van der Waals surface area contributed by atoms with Crippen molar-refractivity contribution >= 4 is 27.5 Å². The van der Waals surface area contributed by atoms with Crippen LogP contribution in [-0.2, 0) is 4.74 Å². The van der Waals surface area contributed by atoms with Gasteiger partial charge in [-0.1, -0.05) is 0 Å². The summed E-state index contributed by atoms with van der Waals surface area (Å²) >= 11 is 4.65. The number of morpholine rings is 1. The van der Waals surface area contributed by atoms with Crippen molar-refractivity contribution in [1.82, 2.24) is 14.3 Å². The third-order valence-electron chi connectivity index (χ3n) is 1.97. The molecule has 1 saturated heterocycles. The monoisotopic (exact) mass is 263 g/mol. The molecular formula is C7H10BrN3OS. The average Bonchev–Trinajstić information content (AvgIpc) is 2.52. The molecule has 2 heterocycles. The minimum absolute atomic E-state index is 0.0429. The molecule has 72 valence electrons. The highest BCUT2D eigenvalue weighted by molar-refractivity contribution is 9.11. The first-order chi connectivity index (χ1) is 6.25. The number of aromatic nitrogens is 2. The zero-order valence-corrected chi connectivity index (χ0v) is 9.64. The van der Waals surface area contributed by atoms with Gasteiger partial charge in [-0.25, -0.2) is 4.98 Å². The Balaban J connectivity index is 2.08. The quantitative estimate of drug-likeness (QED) is 0.766. The summed E-state index contributed by atoms with van der Waals surface area (Å²) in [5.41, 5.74) is 0. The molecule has 6 heteroatoms. The normalized spacial score (nSPS) is 24.9. The minimum Gasteiger partial charge on any atom is -0.367 e. The van der Waals surface area contributed by atoms with Crippen LogP contribution >= 0.6 is 27.5 Å². The predicted molar refractivity (Wildman–Crippen MR) is 53.8 cm³/mol. The molecule has 1 fully saturated rings. The maximum Gasteiger partial charge on any atom is 0.179 e. The molecule has 0 aliphatic carbocycles.